The van der Waals surface area contributed by atoms with Crippen LogP contribution in [0.1, 0.15) is 30.7 Å². The molecule has 0 saturated heterocycles. The Kier molecular flexibility index (Phi) is 4.43. The van der Waals surface area contributed by atoms with Crippen LogP contribution in [0.25, 0.3) is 0 Å². The van der Waals surface area contributed by atoms with E-state index in [4.69, 9.17) is 12.2 Å². The molecule has 0 spiro atoms. The number of fused-ring (bicyclic) bond motifs is 1. The topological polar surface area (TPSA) is 53.1 Å². The summed E-state index contributed by atoms with van der Waals surface area (Å²) in [5.74, 6) is 1.46. The fraction of sp³-hybridized carbons (Fsp3) is 0.353. The summed E-state index contributed by atoms with van der Waals surface area (Å²) in [6.45, 7) is 7.80. The molecule has 6 heteroatoms. The molecule has 0 radical (unpaired) electrons. The number of anilines is 2. The number of nitrogens with zero attached hydrogens (tertiary/aromatic N) is 3. The van der Waals surface area contributed by atoms with E-state index in [2.05, 4.69) is 49.8 Å². The van der Waals surface area contributed by atoms with Crippen molar-refractivity contribution in [1.82, 2.24) is 15.3 Å². The number of benzene rings is 1. The van der Waals surface area contributed by atoms with Crippen molar-refractivity contribution in [3.05, 3.63) is 47.2 Å². The van der Waals surface area contributed by atoms with Crippen LogP contribution in [0.5, 0.6) is 0 Å². The quantitative estimate of drug-likeness (QED) is 0.845. The molecule has 2 heterocycles. The summed E-state index contributed by atoms with van der Waals surface area (Å²) in [5.41, 5.74) is 3.63. The molecule has 2 N–H and O–H groups in total. The first-order chi connectivity index (χ1) is 11.0. The van der Waals surface area contributed by atoms with E-state index in [-0.39, 0.29) is 6.04 Å². The van der Waals surface area contributed by atoms with Crippen LogP contribution < -0.4 is 15.5 Å². The second kappa shape index (κ2) is 6.50. The van der Waals surface area contributed by atoms with Gasteiger partial charge in [-0.15, -0.1) is 0 Å². The minimum absolute atomic E-state index is 0.271. The molecule has 1 aromatic carbocycles. The summed E-state index contributed by atoms with van der Waals surface area (Å²) < 4.78 is 0. The Labute approximate surface area is 142 Å². The predicted molar refractivity (Wildman–Crippen MR) is 97.6 cm³/mol. The first-order valence-electron chi connectivity index (χ1n) is 7.76. The SMILES string of the molecule is Cc1cc(N2Cc3ccccc3C2)nc(NC(=S)NC(C)C)n1. The van der Waals surface area contributed by atoms with Gasteiger partial charge in [0.2, 0.25) is 5.95 Å². The van der Waals surface area contributed by atoms with Gasteiger partial charge in [0, 0.05) is 30.9 Å². The van der Waals surface area contributed by atoms with Crippen LogP contribution in [0.2, 0.25) is 0 Å². The maximum Gasteiger partial charge on any atom is 0.231 e. The van der Waals surface area contributed by atoms with Crippen LogP contribution >= 0.6 is 12.2 Å². The zero-order valence-corrected chi connectivity index (χ0v) is 14.4. The summed E-state index contributed by atoms with van der Waals surface area (Å²) >= 11 is 5.27. The molecular formula is C17H21N5S. The standard InChI is InChI=1S/C17H21N5S/c1-11(2)18-17(23)21-16-19-12(3)8-15(20-16)22-9-13-6-4-5-7-14(13)10-22/h4-8,11H,9-10H2,1-3H3,(H2,18,19,20,21,23). The smallest absolute Gasteiger partial charge is 0.231 e. The molecule has 120 valence electrons. The molecule has 23 heavy (non-hydrogen) atoms. The summed E-state index contributed by atoms with van der Waals surface area (Å²) in [6.07, 6.45) is 0. The second-order valence-electron chi connectivity index (χ2n) is 6.07. The zero-order valence-electron chi connectivity index (χ0n) is 13.6. The Morgan fingerprint density at radius 1 is 1.17 bits per heavy atom. The van der Waals surface area contributed by atoms with Crippen molar-refractivity contribution in [3.8, 4) is 0 Å². The summed E-state index contributed by atoms with van der Waals surface area (Å²) in [4.78, 5) is 11.3. The molecule has 0 fully saturated rings. The second-order valence-corrected chi connectivity index (χ2v) is 6.48. The van der Waals surface area contributed by atoms with Gasteiger partial charge in [-0.3, -0.25) is 0 Å². The minimum Gasteiger partial charge on any atom is -0.360 e. The van der Waals surface area contributed by atoms with Crippen molar-refractivity contribution in [2.24, 2.45) is 0 Å². The number of rotatable bonds is 3. The molecular weight excluding hydrogens is 306 g/mol. The third kappa shape index (κ3) is 3.76. The third-order valence-electron chi connectivity index (χ3n) is 3.65. The van der Waals surface area contributed by atoms with Gasteiger partial charge in [-0.25, -0.2) is 4.98 Å². The molecule has 0 saturated carbocycles. The van der Waals surface area contributed by atoms with Crippen LogP contribution in [-0.4, -0.2) is 21.1 Å². The van der Waals surface area contributed by atoms with Gasteiger partial charge in [-0.1, -0.05) is 24.3 Å². The highest BCUT2D eigenvalue weighted by molar-refractivity contribution is 7.80. The van der Waals surface area contributed by atoms with Gasteiger partial charge in [0.15, 0.2) is 5.11 Å². The maximum atomic E-state index is 5.27. The predicted octanol–water partition coefficient (Wildman–Crippen LogP) is 3.00. The van der Waals surface area contributed by atoms with Crippen LogP contribution in [0.4, 0.5) is 11.8 Å². The monoisotopic (exact) mass is 327 g/mol. The summed E-state index contributed by atoms with van der Waals surface area (Å²) in [6, 6.07) is 10.8. The van der Waals surface area contributed by atoms with Gasteiger partial charge >= 0.3 is 0 Å². The van der Waals surface area contributed by atoms with Gasteiger partial charge in [-0.2, -0.15) is 4.98 Å². The molecule has 0 atom stereocenters. The highest BCUT2D eigenvalue weighted by atomic mass is 32.1. The Morgan fingerprint density at radius 2 is 1.83 bits per heavy atom. The van der Waals surface area contributed by atoms with Crippen LogP contribution in [0.15, 0.2) is 30.3 Å². The largest absolute Gasteiger partial charge is 0.360 e. The Hall–Kier alpha value is -2.21. The van der Waals surface area contributed by atoms with Crippen molar-refractivity contribution in [2.75, 3.05) is 10.2 Å². The summed E-state index contributed by atoms with van der Waals surface area (Å²) in [7, 11) is 0. The lowest BCUT2D eigenvalue weighted by molar-refractivity contribution is 0.738. The van der Waals surface area contributed by atoms with Crippen molar-refractivity contribution in [2.45, 2.75) is 39.9 Å². The lowest BCUT2D eigenvalue weighted by Crippen LogP contribution is -2.34. The number of aromatic nitrogens is 2. The van der Waals surface area contributed by atoms with Gasteiger partial charge in [0.25, 0.3) is 0 Å². The lowest BCUT2D eigenvalue weighted by Gasteiger charge is -2.18. The van der Waals surface area contributed by atoms with Crippen molar-refractivity contribution in [1.29, 1.82) is 0 Å². The number of thiocarbonyl (C=S) groups is 1. The molecule has 1 aliphatic heterocycles. The normalized spacial score (nSPS) is 13.1. The number of aryl methyl sites for hydroxylation is 1. The van der Waals surface area contributed by atoms with Gasteiger partial charge in [0.1, 0.15) is 5.82 Å². The van der Waals surface area contributed by atoms with Crippen LogP contribution in [-0.2, 0) is 13.1 Å². The molecule has 0 amide bonds. The van der Waals surface area contributed by atoms with Gasteiger partial charge in [0.05, 0.1) is 0 Å². The third-order valence-corrected chi connectivity index (χ3v) is 3.87. The average Bonchev–Trinajstić information content (AvgIpc) is 2.89. The molecule has 2 aromatic rings. The average molecular weight is 327 g/mol. The van der Waals surface area contributed by atoms with E-state index in [0.29, 0.717) is 11.1 Å². The Balaban J connectivity index is 1.78. The minimum atomic E-state index is 0.271. The molecule has 0 unspecified atom stereocenters. The van der Waals surface area contributed by atoms with Crippen molar-refractivity contribution >= 4 is 29.1 Å². The fourth-order valence-corrected chi connectivity index (χ4v) is 2.99. The van der Waals surface area contributed by atoms with E-state index in [9.17, 15) is 0 Å². The lowest BCUT2D eigenvalue weighted by atomic mass is 10.1. The molecule has 1 aliphatic rings. The van der Waals surface area contributed by atoms with E-state index >= 15 is 0 Å². The van der Waals surface area contributed by atoms with Crippen LogP contribution in [0.3, 0.4) is 0 Å². The maximum absolute atomic E-state index is 5.27. The van der Waals surface area contributed by atoms with Crippen LogP contribution in [0, 0.1) is 6.92 Å². The van der Waals surface area contributed by atoms with E-state index < -0.39 is 0 Å². The molecule has 1 aromatic heterocycles. The molecule has 0 bridgehead atoms. The highest BCUT2D eigenvalue weighted by Gasteiger charge is 2.20. The van der Waals surface area contributed by atoms with Crippen molar-refractivity contribution < 1.29 is 0 Å². The van der Waals surface area contributed by atoms with E-state index in [1.54, 1.807) is 0 Å². The van der Waals surface area contributed by atoms with Gasteiger partial charge in [-0.05, 0) is 44.1 Å². The first-order valence-corrected chi connectivity index (χ1v) is 8.17. The molecule has 5 nitrogen and oxygen atoms in total. The van der Waals surface area contributed by atoms with Crippen molar-refractivity contribution in [3.63, 3.8) is 0 Å². The number of hydrogen-bond donors (Lipinski definition) is 2. The highest BCUT2D eigenvalue weighted by Crippen LogP contribution is 2.27. The number of hydrogen-bond acceptors (Lipinski definition) is 4. The Bertz CT molecular complexity index is 704. The molecule has 3 rings (SSSR count). The summed E-state index contributed by atoms with van der Waals surface area (Å²) in [5, 5.41) is 6.75. The van der Waals surface area contributed by atoms with E-state index in [0.717, 1.165) is 24.6 Å². The fourth-order valence-electron chi connectivity index (χ4n) is 2.66. The van der Waals surface area contributed by atoms with Gasteiger partial charge < -0.3 is 15.5 Å². The van der Waals surface area contributed by atoms with E-state index in [1.807, 2.05) is 26.8 Å². The zero-order chi connectivity index (χ0) is 16.4. The Morgan fingerprint density at radius 3 is 2.43 bits per heavy atom. The van der Waals surface area contributed by atoms with E-state index in [1.165, 1.54) is 11.1 Å². The number of nitrogens with one attached hydrogen (secondary N) is 2. The first kappa shape index (κ1) is 15.7. The molecule has 0 aliphatic carbocycles.